The lowest BCUT2D eigenvalue weighted by molar-refractivity contribution is 0.0506. The summed E-state index contributed by atoms with van der Waals surface area (Å²) in [6.07, 6.45) is 4.59. The number of methoxy groups -OCH3 is 1. The number of nitrogens with zero attached hydrogens (tertiary/aromatic N) is 4. The predicted octanol–water partition coefficient (Wildman–Crippen LogP) is 5.69. The van der Waals surface area contributed by atoms with Crippen molar-refractivity contribution in [1.29, 1.82) is 0 Å². The molecule has 2 aromatic carbocycles. The zero-order valence-corrected chi connectivity index (χ0v) is 27.3. The molecule has 0 aliphatic heterocycles. The summed E-state index contributed by atoms with van der Waals surface area (Å²) in [5.74, 6) is -0.276. The fourth-order valence-corrected chi connectivity index (χ4v) is 4.98. The molecule has 4 rings (SSSR count). The number of hydrogen-bond donors (Lipinski definition) is 2. The highest BCUT2D eigenvalue weighted by atomic mass is 79.9. The van der Waals surface area contributed by atoms with Gasteiger partial charge in [0.25, 0.3) is 5.56 Å². The minimum Gasteiger partial charge on any atom is -0.465 e. The molecule has 2 N–H and O–H groups in total. The molecule has 0 saturated carbocycles. The van der Waals surface area contributed by atoms with Gasteiger partial charge in [0, 0.05) is 47.8 Å². The highest BCUT2D eigenvalue weighted by Gasteiger charge is 2.22. The molecule has 11 nitrogen and oxygen atoms in total. The van der Waals surface area contributed by atoms with Gasteiger partial charge >= 0.3 is 12.1 Å². The zero-order chi connectivity index (χ0) is 32.6. The van der Waals surface area contributed by atoms with Crippen LogP contribution in [0.5, 0.6) is 0 Å². The van der Waals surface area contributed by atoms with Crippen molar-refractivity contribution in [3.63, 3.8) is 0 Å². The molecule has 4 aromatic rings. The molecule has 12 heteroatoms. The Labute approximate surface area is 269 Å². The van der Waals surface area contributed by atoms with Crippen molar-refractivity contribution < 1.29 is 19.1 Å². The number of benzene rings is 2. The second-order valence-corrected chi connectivity index (χ2v) is 12.0. The summed E-state index contributed by atoms with van der Waals surface area (Å²) in [7, 11) is 2.88. The fourth-order valence-electron chi connectivity index (χ4n) is 4.44. The first-order valence-corrected chi connectivity index (χ1v) is 15.0. The van der Waals surface area contributed by atoms with Crippen molar-refractivity contribution in [2.45, 2.75) is 38.8 Å². The van der Waals surface area contributed by atoms with Gasteiger partial charge in [-0.15, -0.1) is 0 Å². The molecule has 0 unspecified atom stereocenters. The number of carbonyl (C=O) groups excluding carboxylic acids is 2. The standard InChI is InChI=1S/C33H35BrN6O5/c1-33(2,3)45-32(43)38-24(18-21-10-7-6-8-11-21)20-37-31-39-27(22-14-16-35-17-15-22)28(29(41)40(31)4)36-19-23-12-9-13-25(34)26(23)30(42)44-5/h6-17,19,24H,18,20H2,1-5H3,(H,37,39)(H,38,43)/t24-/m0/s1. The average molecular weight is 676 g/mol. The van der Waals surface area contributed by atoms with Crippen LogP contribution in [0, 0.1) is 0 Å². The first kappa shape index (κ1) is 33.1. The lowest BCUT2D eigenvalue weighted by Gasteiger charge is -2.24. The monoisotopic (exact) mass is 674 g/mol. The molecule has 0 saturated heterocycles. The van der Waals surface area contributed by atoms with Crippen molar-refractivity contribution in [3.8, 4) is 11.3 Å². The maximum atomic E-state index is 13.8. The number of amides is 1. The predicted molar refractivity (Wildman–Crippen MR) is 177 cm³/mol. The van der Waals surface area contributed by atoms with Crippen LogP contribution in [0.4, 0.5) is 16.4 Å². The van der Waals surface area contributed by atoms with Crippen LogP contribution in [0.3, 0.4) is 0 Å². The van der Waals surface area contributed by atoms with Crippen LogP contribution in [0.25, 0.3) is 11.3 Å². The summed E-state index contributed by atoms with van der Waals surface area (Å²) in [5.41, 5.74) is 1.66. The van der Waals surface area contributed by atoms with E-state index in [9.17, 15) is 14.4 Å². The van der Waals surface area contributed by atoms with Gasteiger partial charge in [-0.25, -0.2) is 19.6 Å². The van der Waals surface area contributed by atoms with Crippen LogP contribution in [-0.2, 0) is 22.9 Å². The molecular formula is C33H35BrN6O5. The Hall–Kier alpha value is -4.84. The van der Waals surface area contributed by atoms with Gasteiger partial charge in [-0.2, -0.15) is 0 Å². The van der Waals surface area contributed by atoms with Crippen LogP contribution in [0.15, 0.2) is 87.3 Å². The Morgan fingerprint density at radius 1 is 1.07 bits per heavy atom. The first-order valence-electron chi connectivity index (χ1n) is 14.2. The third-order valence-electron chi connectivity index (χ3n) is 6.54. The lowest BCUT2D eigenvalue weighted by atomic mass is 10.1. The molecule has 0 aliphatic carbocycles. The first-order chi connectivity index (χ1) is 21.5. The fraction of sp³-hybridized carbons (Fsp3) is 0.273. The Bertz CT molecular complexity index is 1740. The number of aliphatic imine (C=N–C) groups is 1. The minimum atomic E-state index is -0.663. The molecule has 1 atom stereocenters. The number of aromatic nitrogens is 3. The quantitative estimate of drug-likeness (QED) is 0.162. The maximum Gasteiger partial charge on any atom is 0.407 e. The van der Waals surface area contributed by atoms with Crippen LogP contribution in [0.2, 0.25) is 0 Å². The third-order valence-corrected chi connectivity index (χ3v) is 7.20. The highest BCUT2D eigenvalue weighted by Crippen LogP contribution is 2.27. The molecule has 234 valence electrons. The Balaban J connectivity index is 1.70. The number of nitrogens with one attached hydrogen (secondary N) is 2. The summed E-state index contributed by atoms with van der Waals surface area (Å²) in [6, 6.07) is 18.0. The number of ether oxygens (including phenoxy) is 2. The van der Waals surface area contributed by atoms with Gasteiger partial charge in [-0.05, 0) is 66.9 Å². The minimum absolute atomic E-state index is 0.0674. The number of anilines is 1. The number of alkyl carbamates (subject to hydrolysis) is 1. The summed E-state index contributed by atoms with van der Waals surface area (Å²) in [5, 5.41) is 6.17. The molecule has 2 heterocycles. The van der Waals surface area contributed by atoms with Crippen molar-refractivity contribution in [2.24, 2.45) is 12.0 Å². The van der Waals surface area contributed by atoms with E-state index < -0.39 is 29.3 Å². The van der Waals surface area contributed by atoms with E-state index in [0.29, 0.717) is 27.7 Å². The molecule has 0 spiro atoms. The molecule has 2 aromatic heterocycles. The van der Waals surface area contributed by atoms with E-state index in [-0.39, 0.29) is 23.7 Å². The number of hydrogen-bond acceptors (Lipinski definition) is 9. The van der Waals surface area contributed by atoms with Gasteiger partial charge in [0.05, 0.1) is 18.7 Å². The zero-order valence-electron chi connectivity index (χ0n) is 25.7. The molecule has 0 radical (unpaired) electrons. The Morgan fingerprint density at radius 2 is 1.78 bits per heavy atom. The van der Waals surface area contributed by atoms with Crippen molar-refractivity contribution in [3.05, 3.63) is 105 Å². The van der Waals surface area contributed by atoms with Gasteiger partial charge in [-0.3, -0.25) is 14.3 Å². The van der Waals surface area contributed by atoms with Gasteiger partial charge in [0.2, 0.25) is 5.95 Å². The molecule has 0 fully saturated rings. The van der Waals surface area contributed by atoms with Crippen molar-refractivity contribution in [1.82, 2.24) is 19.9 Å². The number of rotatable bonds is 10. The highest BCUT2D eigenvalue weighted by molar-refractivity contribution is 9.10. The largest absolute Gasteiger partial charge is 0.465 e. The van der Waals surface area contributed by atoms with E-state index in [0.717, 1.165) is 5.56 Å². The molecule has 0 bridgehead atoms. The molecular weight excluding hydrogens is 640 g/mol. The van der Waals surface area contributed by atoms with E-state index in [1.165, 1.54) is 17.9 Å². The van der Waals surface area contributed by atoms with Gasteiger partial charge in [0.15, 0.2) is 5.69 Å². The van der Waals surface area contributed by atoms with E-state index in [1.54, 1.807) is 70.5 Å². The van der Waals surface area contributed by atoms with Gasteiger partial charge in [0.1, 0.15) is 11.3 Å². The Kier molecular flexibility index (Phi) is 10.8. The number of pyridine rings is 1. The van der Waals surface area contributed by atoms with Crippen LogP contribution in [-0.4, -0.2) is 58.1 Å². The topological polar surface area (TPSA) is 137 Å². The molecule has 1 amide bonds. The molecule has 45 heavy (non-hydrogen) atoms. The smallest absolute Gasteiger partial charge is 0.407 e. The average Bonchev–Trinajstić information content (AvgIpc) is 3.00. The summed E-state index contributed by atoms with van der Waals surface area (Å²) >= 11 is 3.39. The van der Waals surface area contributed by atoms with Crippen molar-refractivity contribution in [2.75, 3.05) is 19.0 Å². The maximum absolute atomic E-state index is 13.8. The van der Waals surface area contributed by atoms with Gasteiger partial charge in [-0.1, -0.05) is 42.5 Å². The van der Waals surface area contributed by atoms with E-state index in [4.69, 9.17) is 14.5 Å². The second-order valence-electron chi connectivity index (χ2n) is 11.1. The number of carbonyl (C=O) groups is 2. The normalized spacial score (nSPS) is 12.0. The van der Waals surface area contributed by atoms with E-state index in [1.807, 2.05) is 30.3 Å². The number of halogens is 1. The van der Waals surface area contributed by atoms with Crippen LogP contribution in [0.1, 0.15) is 42.3 Å². The summed E-state index contributed by atoms with van der Waals surface area (Å²) in [6.45, 7) is 5.64. The van der Waals surface area contributed by atoms with Gasteiger partial charge < -0.3 is 20.1 Å². The summed E-state index contributed by atoms with van der Waals surface area (Å²) < 4.78 is 12.3. The van der Waals surface area contributed by atoms with Crippen molar-refractivity contribution >= 4 is 45.8 Å². The van der Waals surface area contributed by atoms with Crippen LogP contribution < -0.4 is 16.2 Å². The Morgan fingerprint density at radius 3 is 2.44 bits per heavy atom. The van der Waals surface area contributed by atoms with E-state index >= 15 is 0 Å². The lowest BCUT2D eigenvalue weighted by Crippen LogP contribution is -2.44. The third kappa shape index (κ3) is 8.85. The van der Waals surface area contributed by atoms with Crippen LogP contribution >= 0.6 is 15.9 Å². The van der Waals surface area contributed by atoms with E-state index in [2.05, 4.69) is 36.5 Å². The summed E-state index contributed by atoms with van der Waals surface area (Å²) in [4.78, 5) is 52.3. The molecule has 0 aliphatic rings. The number of esters is 1. The SMILES string of the molecule is COC(=O)c1c(Br)cccc1C=Nc1c(-c2ccncc2)nc(NC[C@H](Cc2ccccc2)NC(=O)OC(C)(C)C)n(C)c1=O. The second kappa shape index (κ2) is 14.8.